The van der Waals surface area contributed by atoms with Gasteiger partial charge in [0.05, 0.1) is 18.0 Å². The molecule has 1 heterocycles. The highest BCUT2D eigenvalue weighted by Crippen LogP contribution is 2.07. The first-order chi connectivity index (χ1) is 8.69. The third kappa shape index (κ3) is 4.46. The monoisotopic (exact) mass is 270 g/mol. The summed E-state index contributed by atoms with van der Waals surface area (Å²) in [6.07, 6.45) is 0.824. The van der Waals surface area contributed by atoms with E-state index in [0.717, 1.165) is 6.42 Å². The molecule has 6 heteroatoms. The van der Waals surface area contributed by atoms with Crippen molar-refractivity contribution in [3.05, 3.63) is 22.4 Å². The van der Waals surface area contributed by atoms with E-state index >= 15 is 0 Å². The third-order valence-electron chi connectivity index (χ3n) is 2.36. The lowest BCUT2D eigenvalue weighted by atomic mass is 10.3. The summed E-state index contributed by atoms with van der Waals surface area (Å²) in [5, 5.41) is 13.3. The lowest BCUT2D eigenvalue weighted by molar-refractivity contribution is -0.130. The summed E-state index contributed by atoms with van der Waals surface area (Å²) in [6, 6.07) is 3.50. The summed E-state index contributed by atoms with van der Waals surface area (Å²) in [5.41, 5.74) is 0. The van der Waals surface area contributed by atoms with Crippen LogP contribution in [0, 0.1) is 0 Å². The minimum Gasteiger partial charge on any atom is -0.395 e. The lowest BCUT2D eigenvalue weighted by Crippen LogP contribution is -2.41. The Labute approximate surface area is 110 Å². The molecule has 0 saturated carbocycles. The van der Waals surface area contributed by atoms with E-state index in [2.05, 4.69) is 5.32 Å². The number of nitrogens with one attached hydrogen (secondary N) is 1. The SMILES string of the molecule is CCCN(CCO)C(=O)CNC(=O)c1cccs1. The Morgan fingerprint density at radius 3 is 2.78 bits per heavy atom. The van der Waals surface area contributed by atoms with Crippen LogP contribution in [-0.4, -0.2) is 48.1 Å². The molecule has 18 heavy (non-hydrogen) atoms. The molecule has 0 atom stereocenters. The molecule has 5 nitrogen and oxygen atoms in total. The minimum absolute atomic E-state index is 0.0310. The molecule has 0 aliphatic rings. The van der Waals surface area contributed by atoms with E-state index in [4.69, 9.17) is 5.11 Å². The maximum Gasteiger partial charge on any atom is 0.261 e. The molecular formula is C12H18N2O3S. The first-order valence-corrected chi connectivity index (χ1v) is 6.77. The first kappa shape index (κ1) is 14.7. The maximum absolute atomic E-state index is 11.8. The molecule has 0 fully saturated rings. The van der Waals surface area contributed by atoms with E-state index in [-0.39, 0.29) is 25.0 Å². The fourth-order valence-electron chi connectivity index (χ4n) is 1.51. The summed E-state index contributed by atoms with van der Waals surface area (Å²) >= 11 is 1.33. The van der Waals surface area contributed by atoms with Gasteiger partial charge in [0, 0.05) is 13.1 Å². The number of aliphatic hydroxyl groups excluding tert-OH is 1. The molecule has 0 aromatic carbocycles. The van der Waals surface area contributed by atoms with Gasteiger partial charge in [-0.1, -0.05) is 13.0 Å². The van der Waals surface area contributed by atoms with Gasteiger partial charge >= 0.3 is 0 Å². The van der Waals surface area contributed by atoms with Crippen LogP contribution >= 0.6 is 11.3 Å². The van der Waals surface area contributed by atoms with Crippen molar-refractivity contribution in [2.75, 3.05) is 26.2 Å². The third-order valence-corrected chi connectivity index (χ3v) is 3.23. The second-order valence-electron chi connectivity index (χ2n) is 3.76. The first-order valence-electron chi connectivity index (χ1n) is 5.89. The van der Waals surface area contributed by atoms with Crippen molar-refractivity contribution < 1.29 is 14.7 Å². The van der Waals surface area contributed by atoms with Crippen molar-refractivity contribution in [1.29, 1.82) is 0 Å². The van der Waals surface area contributed by atoms with Gasteiger partial charge in [-0.05, 0) is 17.9 Å². The fraction of sp³-hybridized carbons (Fsp3) is 0.500. The summed E-state index contributed by atoms with van der Waals surface area (Å²) in [4.78, 5) is 25.6. The molecule has 0 radical (unpaired) electrons. The summed E-state index contributed by atoms with van der Waals surface area (Å²) in [5.74, 6) is -0.408. The van der Waals surface area contributed by atoms with Gasteiger partial charge in [-0.2, -0.15) is 0 Å². The Bertz CT molecular complexity index is 373. The van der Waals surface area contributed by atoms with Gasteiger partial charge in [0.15, 0.2) is 0 Å². The van der Waals surface area contributed by atoms with Crippen LogP contribution in [0.3, 0.4) is 0 Å². The standard InChI is InChI=1S/C12H18N2O3S/c1-2-5-14(6-7-15)11(16)9-13-12(17)10-4-3-8-18-10/h3-4,8,15H,2,5-7,9H2,1H3,(H,13,17). The van der Waals surface area contributed by atoms with Gasteiger partial charge < -0.3 is 15.3 Å². The van der Waals surface area contributed by atoms with Crippen molar-refractivity contribution >= 4 is 23.2 Å². The Morgan fingerprint density at radius 1 is 1.44 bits per heavy atom. The van der Waals surface area contributed by atoms with E-state index in [1.54, 1.807) is 17.0 Å². The molecule has 0 unspecified atom stereocenters. The van der Waals surface area contributed by atoms with E-state index in [0.29, 0.717) is 18.0 Å². The smallest absolute Gasteiger partial charge is 0.261 e. The van der Waals surface area contributed by atoms with Gasteiger partial charge in [-0.25, -0.2) is 0 Å². The summed E-state index contributed by atoms with van der Waals surface area (Å²) in [6.45, 7) is 2.76. The number of amides is 2. The topological polar surface area (TPSA) is 69.6 Å². The van der Waals surface area contributed by atoms with Gasteiger partial charge in [0.25, 0.3) is 5.91 Å². The number of rotatable bonds is 7. The van der Waals surface area contributed by atoms with E-state index in [1.807, 2.05) is 12.3 Å². The van der Waals surface area contributed by atoms with Gasteiger partial charge in [0.2, 0.25) is 5.91 Å². The largest absolute Gasteiger partial charge is 0.395 e. The van der Waals surface area contributed by atoms with Crippen LogP contribution in [0.1, 0.15) is 23.0 Å². The van der Waals surface area contributed by atoms with Crippen molar-refractivity contribution in [1.82, 2.24) is 10.2 Å². The van der Waals surface area contributed by atoms with Crippen molar-refractivity contribution in [3.63, 3.8) is 0 Å². The Morgan fingerprint density at radius 2 is 2.22 bits per heavy atom. The lowest BCUT2D eigenvalue weighted by Gasteiger charge is -2.21. The number of aliphatic hydroxyl groups is 1. The van der Waals surface area contributed by atoms with Crippen LogP contribution in [0.2, 0.25) is 0 Å². The minimum atomic E-state index is -0.237. The molecule has 0 aliphatic carbocycles. The average molecular weight is 270 g/mol. The molecule has 100 valence electrons. The predicted molar refractivity (Wildman–Crippen MR) is 70.6 cm³/mol. The maximum atomic E-state index is 11.8. The number of nitrogens with zero attached hydrogens (tertiary/aromatic N) is 1. The Balaban J connectivity index is 2.41. The van der Waals surface area contributed by atoms with Crippen molar-refractivity contribution in [2.45, 2.75) is 13.3 Å². The molecule has 0 saturated heterocycles. The molecule has 1 rings (SSSR count). The fourth-order valence-corrected chi connectivity index (χ4v) is 2.15. The van der Waals surface area contributed by atoms with E-state index < -0.39 is 0 Å². The summed E-state index contributed by atoms with van der Waals surface area (Å²) in [7, 11) is 0. The average Bonchev–Trinajstić information content (AvgIpc) is 2.89. The zero-order valence-corrected chi connectivity index (χ0v) is 11.2. The molecular weight excluding hydrogens is 252 g/mol. The molecule has 2 amide bonds. The normalized spacial score (nSPS) is 10.1. The molecule has 1 aromatic rings. The molecule has 0 aliphatic heterocycles. The molecule has 2 N–H and O–H groups in total. The Kier molecular flexibility index (Phi) is 6.38. The highest BCUT2D eigenvalue weighted by molar-refractivity contribution is 7.12. The quantitative estimate of drug-likeness (QED) is 0.766. The van der Waals surface area contributed by atoms with Crippen LogP contribution in [0.4, 0.5) is 0 Å². The van der Waals surface area contributed by atoms with Crippen LogP contribution in [-0.2, 0) is 4.79 Å². The van der Waals surface area contributed by atoms with E-state index in [1.165, 1.54) is 11.3 Å². The summed E-state index contributed by atoms with van der Waals surface area (Å²) < 4.78 is 0. The van der Waals surface area contributed by atoms with Gasteiger partial charge in [0.1, 0.15) is 0 Å². The van der Waals surface area contributed by atoms with Crippen LogP contribution in [0.5, 0.6) is 0 Å². The van der Waals surface area contributed by atoms with Crippen molar-refractivity contribution in [2.24, 2.45) is 0 Å². The van der Waals surface area contributed by atoms with Crippen LogP contribution < -0.4 is 5.32 Å². The zero-order chi connectivity index (χ0) is 13.4. The second kappa shape index (κ2) is 7.84. The van der Waals surface area contributed by atoms with E-state index in [9.17, 15) is 9.59 Å². The number of carbonyl (C=O) groups is 2. The number of thiophene rings is 1. The number of hydrogen-bond donors (Lipinski definition) is 2. The predicted octanol–water partition coefficient (Wildman–Crippen LogP) is 0.709. The number of hydrogen-bond acceptors (Lipinski definition) is 4. The highest BCUT2D eigenvalue weighted by Gasteiger charge is 2.14. The Hall–Kier alpha value is -1.40. The number of carbonyl (C=O) groups excluding carboxylic acids is 2. The van der Waals surface area contributed by atoms with Crippen LogP contribution in [0.25, 0.3) is 0 Å². The molecule has 1 aromatic heterocycles. The second-order valence-corrected chi connectivity index (χ2v) is 4.71. The molecule has 0 bridgehead atoms. The van der Waals surface area contributed by atoms with Crippen molar-refractivity contribution in [3.8, 4) is 0 Å². The van der Waals surface area contributed by atoms with Gasteiger partial charge in [-0.3, -0.25) is 9.59 Å². The van der Waals surface area contributed by atoms with Gasteiger partial charge in [-0.15, -0.1) is 11.3 Å². The highest BCUT2D eigenvalue weighted by atomic mass is 32.1. The molecule has 0 spiro atoms. The zero-order valence-electron chi connectivity index (χ0n) is 10.4. The van der Waals surface area contributed by atoms with Crippen LogP contribution in [0.15, 0.2) is 17.5 Å².